The van der Waals surface area contributed by atoms with Gasteiger partial charge in [-0.05, 0) is 94.0 Å². The van der Waals surface area contributed by atoms with Crippen molar-refractivity contribution in [2.45, 2.75) is 76.8 Å². The van der Waals surface area contributed by atoms with Gasteiger partial charge in [-0.1, -0.05) is 30.8 Å². The van der Waals surface area contributed by atoms with E-state index in [9.17, 15) is 19.2 Å². The number of esters is 4. The van der Waals surface area contributed by atoms with Crippen LogP contribution in [0.3, 0.4) is 0 Å². The summed E-state index contributed by atoms with van der Waals surface area (Å²) in [5.41, 5.74) is 2.18. The van der Waals surface area contributed by atoms with E-state index < -0.39 is 36.4 Å². The molecule has 2 atom stereocenters. The average molecular weight is 609 g/mol. The lowest BCUT2D eigenvalue weighted by molar-refractivity contribution is -0.163. The number of carbonyl (C=O) groups excluding carboxylic acids is 4. The fourth-order valence-corrected chi connectivity index (χ4v) is 5.54. The molecular weight excluding hydrogens is 568 g/mol. The van der Waals surface area contributed by atoms with Crippen LogP contribution in [0.5, 0.6) is 5.75 Å². The van der Waals surface area contributed by atoms with Gasteiger partial charge in [0.1, 0.15) is 5.75 Å². The third-order valence-electron chi connectivity index (χ3n) is 7.85. The lowest BCUT2D eigenvalue weighted by atomic mass is 9.77. The third-order valence-corrected chi connectivity index (χ3v) is 7.85. The lowest BCUT2D eigenvalue weighted by Crippen LogP contribution is -2.39. The zero-order valence-corrected chi connectivity index (χ0v) is 25.2. The van der Waals surface area contributed by atoms with E-state index in [1.54, 1.807) is 50.2 Å². The molecule has 2 aromatic carbocycles. The van der Waals surface area contributed by atoms with Gasteiger partial charge in [-0.15, -0.1) is 0 Å². The van der Waals surface area contributed by atoms with Gasteiger partial charge in [0.25, 0.3) is 0 Å². The molecule has 1 saturated heterocycles. The molecule has 0 radical (unpaired) electrons. The summed E-state index contributed by atoms with van der Waals surface area (Å²) >= 11 is 0. The Labute approximate surface area is 257 Å². The van der Waals surface area contributed by atoms with Crippen molar-refractivity contribution in [2.75, 3.05) is 19.8 Å². The fourth-order valence-electron chi connectivity index (χ4n) is 5.54. The highest BCUT2D eigenvalue weighted by Gasteiger charge is 2.47. The van der Waals surface area contributed by atoms with Crippen LogP contribution < -0.4 is 4.74 Å². The smallest absolute Gasteiger partial charge is 0.343 e. The molecular formula is C34H40O10. The van der Waals surface area contributed by atoms with Gasteiger partial charge in [0.2, 0.25) is 0 Å². The molecule has 2 aromatic rings. The van der Waals surface area contributed by atoms with Crippen LogP contribution in [-0.4, -0.2) is 55.9 Å². The van der Waals surface area contributed by atoms with Gasteiger partial charge in [0.05, 0.1) is 25.4 Å². The van der Waals surface area contributed by atoms with Crippen molar-refractivity contribution in [1.29, 1.82) is 0 Å². The second-order valence-electron chi connectivity index (χ2n) is 10.8. The molecule has 4 rings (SSSR count). The predicted molar refractivity (Wildman–Crippen MR) is 159 cm³/mol. The van der Waals surface area contributed by atoms with Gasteiger partial charge in [-0.25, -0.2) is 19.2 Å². The van der Waals surface area contributed by atoms with E-state index >= 15 is 0 Å². The minimum atomic E-state index is -1.25. The van der Waals surface area contributed by atoms with E-state index in [1.807, 2.05) is 12.1 Å². The van der Waals surface area contributed by atoms with Crippen LogP contribution in [-0.2, 0) is 38.1 Å². The Kier molecular flexibility index (Phi) is 12.1. The van der Waals surface area contributed by atoms with Crippen LogP contribution in [0.15, 0.2) is 61.2 Å². The van der Waals surface area contributed by atoms with Crippen molar-refractivity contribution in [2.24, 2.45) is 5.92 Å². The van der Waals surface area contributed by atoms with Crippen LogP contribution in [0.4, 0.5) is 0 Å². The molecule has 10 heteroatoms. The van der Waals surface area contributed by atoms with E-state index in [2.05, 4.69) is 6.58 Å². The van der Waals surface area contributed by atoms with Crippen molar-refractivity contribution < 1.29 is 47.6 Å². The van der Waals surface area contributed by atoms with Gasteiger partial charge in [-0.3, -0.25) is 0 Å². The highest BCUT2D eigenvalue weighted by molar-refractivity contribution is 5.91. The van der Waals surface area contributed by atoms with Crippen molar-refractivity contribution in [1.82, 2.24) is 0 Å². The molecule has 2 fully saturated rings. The largest absolute Gasteiger partial charge is 0.464 e. The summed E-state index contributed by atoms with van der Waals surface area (Å²) in [7, 11) is 0. The first-order valence-corrected chi connectivity index (χ1v) is 15.2. The number of hydrogen-bond donors (Lipinski definition) is 0. The Balaban J connectivity index is 1.27. The van der Waals surface area contributed by atoms with Crippen molar-refractivity contribution >= 4 is 23.9 Å². The second kappa shape index (κ2) is 16.2. The quantitative estimate of drug-likeness (QED) is 0.0934. The minimum absolute atomic E-state index is 0.127. The van der Waals surface area contributed by atoms with Crippen LogP contribution in [0.25, 0.3) is 0 Å². The molecule has 1 saturated carbocycles. The SMILES string of the molecule is C=CC(=O)OCCCC1CCC(c2ccc(C(=O)Oc3ccc(C4O[C@@H](C(=O)OCC)[C@H](C(=O)OCC)O4)cc3)cc2)CC1. The molecule has 2 aliphatic rings. The van der Waals surface area contributed by atoms with Crippen LogP contribution >= 0.6 is 0 Å². The number of carbonyl (C=O) groups is 4. The van der Waals surface area contributed by atoms with Crippen molar-refractivity contribution in [3.05, 3.63) is 77.9 Å². The molecule has 1 aliphatic heterocycles. The molecule has 236 valence electrons. The van der Waals surface area contributed by atoms with E-state index in [0.717, 1.165) is 38.5 Å². The maximum Gasteiger partial charge on any atom is 0.343 e. The number of hydrogen-bond acceptors (Lipinski definition) is 10. The van der Waals surface area contributed by atoms with Crippen molar-refractivity contribution in [3.63, 3.8) is 0 Å². The van der Waals surface area contributed by atoms with Gasteiger partial charge < -0.3 is 28.4 Å². The first kappa shape index (κ1) is 32.9. The second-order valence-corrected chi connectivity index (χ2v) is 10.8. The first-order chi connectivity index (χ1) is 21.3. The van der Waals surface area contributed by atoms with E-state index in [0.29, 0.717) is 35.3 Å². The summed E-state index contributed by atoms with van der Waals surface area (Å²) in [5, 5.41) is 0. The number of rotatable bonds is 13. The average Bonchev–Trinajstić information content (AvgIpc) is 3.50. The zero-order valence-electron chi connectivity index (χ0n) is 25.2. The van der Waals surface area contributed by atoms with Gasteiger partial charge >= 0.3 is 23.9 Å². The summed E-state index contributed by atoms with van der Waals surface area (Å²) in [6.45, 7) is 7.41. The topological polar surface area (TPSA) is 124 Å². The summed E-state index contributed by atoms with van der Waals surface area (Å²) in [4.78, 5) is 48.7. The molecule has 0 bridgehead atoms. The highest BCUT2D eigenvalue weighted by atomic mass is 16.8. The lowest BCUT2D eigenvalue weighted by Gasteiger charge is -2.29. The molecule has 0 N–H and O–H groups in total. The number of ether oxygens (including phenoxy) is 6. The molecule has 44 heavy (non-hydrogen) atoms. The fraction of sp³-hybridized carbons (Fsp3) is 0.471. The van der Waals surface area contributed by atoms with Gasteiger partial charge in [0, 0.05) is 11.6 Å². The molecule has 1 heterocycles. The Morgan fingerprint density at radius 1 is 0.795 bits per heavy atom. The van der Waals surface area contributed by atoms with Crippen LogP contribution in [0.1, 0.15) is 86.1 Å². The summed E-state index contributed by atoms with van der Waals surface area (Å²) in [6.07, 6.45) is 4.01. The van der Waals surface area contributed by atoms with Crippen LogP contribution in [0.2, 0.25) is 0 Å². The number of benzene rings is 2. The Morgan fingerprint density at radius 2 is 1.36 bits per heavy atom. The van der Waals surface area contributed by atoms with Crippen LogP contribution in [0, 0.1) is 5.92 Å². The Bertz CT molecular complexity index is 1250. The van der Waals surface area contributed by atoms with Gasteiger partial charge in [-0.2, -0.15) is 0 Å². The molecule has 10 nitrogen and oxygen atoms in total. The van der Waals surface area contributed by atoms with Gasteiger partial charge in [0.15, 0.2) is 18.5 Å². The maximum absolute atomic E-state index is 12.8. The Hall–Kier alpha value is -4.02. The molecule has 0 spiro atoms. The first-order valence-electron chi connectivity index (χ1n) is 15.2. The predicted octanol–water partition coefficient (Wildman–Crippen LogP) is 5.60. The monoisotopic (exact) mass is 608 g/mol. The van der Waals surface area contributed by atoms with E-state index in [4.69, 9.17) is 28.4 Å². The third kappa shape index (κ3) is 8.76. The minimum Gasteiger partial charge on any atom is -0.464 e. The van der Waals surface area contributed by atoms with Crippen molar-refractivity contribution in [3.8, 4) is 5.75 Å². The molecule has 0 unspecified atom stereocenters. The summed E-state index contributed by atoms with van der Waals surface area (Å²) in [5.74, 6) is -0.864. The molecule has 0 amide bonds. The molecule has 1 aliphatic carbocycles. The summed E-state index contributed by atoms with van der Waals surface area (Å²) in [6, 6.07) is 14.0. The standard InChI is InChI=1S/C34H40O10/c1-4-28(35)41-21-7-8-22-9-11-23(12-10-22)24-13-15-25(16-14-24)31(36)42-27-19-17-26(18-20-27)34-43-29(32(37)39-5-2)30(44-34)33(38)40-6-3/h4,13-20,22-23,29-30,34H,1,5-12,21H2,2-3H3/t22?,23?,29-,30-/m1/s1. The molecule has 0 aromatic heterocycles. The normalized spacial score (nSPS) is 21.7. The van der Waals surface area contributed by atoms with E-state index in [-0.39, 0.29) is 19.2 Å². The highest BCUT2D eigenvalue weighted by Crippen LogP contribution is 2.38. The Morgan fingerprint density at radius 3 is 1.91 bits per heavy atom. The summed E-state index contributed by atoms with van der Waals surface area (Å²) < 4.78 is 32.1. The van der Waals surface area contributed by atoms with E-state index in [1.165, 1.54) is 11.6 Å². The maximum atomic E-state index is 12.8. The zero-order chi connectivity index (χ0) is 31.5.